The first-order valence-corrected chi connectivity index (χ1v) is 3.95. The van der Waals surface area contributed by atoms with E-state index in [9.17, 15) is 9.59 Å². The van der Waals surface area contributed by atoms with E-state index in [-0.39, 0.29) is 12.2 Å². The molecule has 0 unspecified atom stereocenters. The number of benzene rings is 1. The summed E-state index contributed by atoms with van der Waals surface area (Å²) in [5.41, 5.74) is 0.930. The van der Waals surface area contributed by atoms with Gasteiger partial charge in [0.2, 0.25) is 0 Å². The average molecular weight is 174 g/mol. The Balaban J connectivity index is 2.70. The second-order valence-electron chi connectivity index (χ2n) is 2.74. The van der Waals surface area contributed by atoms with Crippen LogP contribution < -0.4 is 0 Å². The first-order chi connectivity index (χ1) is 6.24. The van der Waals surface area contributed by atoms with E-state index < -0.39 is 0 Å². The second-order valence-corrected chi connectivity index (χ2v) is 2.74. The Labute approximate surface area is 76.9 Å². The van der Waals surface area contributed by atoms with Crippen molar-refractivity contribution >= 4 is 12.1 Å². The number of allylic oxidation sites excluding steroid dienone is 1. The first-order valence-electron chi connectivity index (χ1n) is 3.95. The monoisotopic (exact) mass is 174 g/mol. The van der Waals surface area contributed by atoms with E-state index in [0.717, 1.165) is 0 Å². The van der Waals surface area contributed by atoms with Gasteiger partial charge in [-0.2, -0.15) is 0 Å². The van der Waals surface area contributed by atoms with Gasteiger partial charge in [-0.15, -0.1) is 0 Å². The van der Waals surface area contributed by atoms with Crippen LogP contribution in [0.15, 0.2) is 42.5 Å². The number of hydrogen-bond donors (Lipinski definition) is 0. The molecule has 1 aromatic carbocycles. The Morgan fingerprint density at radius 2 is 1.92 bits per heavy atom. The average Bonchev–Trinajstić information content (AvgIpc) is 2.19. The Bertz CT molecular complexity index is 325. The van der Waals surface area contributed by atoms with Gasteiger partial charge in [0.1, 0.15) is 6.29 Å². The van der Waals surface area contributed by atoms with Gasteiger partial charge in [-0.05, 0) is 5.57 Å². The molecule has 0 aromatic heterocycles. The van der Waals surface area contributed by atoms with Crippen molar-refractivity contribution in [1.82, 2.24) is 0 Å². The summed E-state index contributed by atoms with van der Waals surface area (Å²) >= 11 is 0. The minimum Gasteiger partial charge on any atom is -0.298 e. The summed E-state index contributed by atoms with van der Waals surface area (Å²) in [5, 5.41) is 0. The number of carbonyl (C=O) groups excluding carboxylic acids is 2. The Hall–Kier alpha value is -1.70. The lowest BCUT2D eigenvalue weighted by Crippen LogP contribution is -2.00. The minimum absolute atomic E-state index is 0.0716. The van der Waals surface area contributed by atoms with Crippen LogP contribution in [-0.4, -0.2) is 12.1 Å². The van der Waals surface area contributed by atoms with Crippen molar-refractivity contribution in [2.75, 3.05) is 0 Å². The standard InChI is InChI=1S/C11H10O2/c1-9(8-12)7-11(13)10-5-3-2-4-6-10/h2-6,8H,1,7H2. The molecule has 66 valence electrons. The molecule has 0 spiro atoms. The molecular formula is C11H10O2. The fourth-order valence-electron chi connectivity index (χ4n) is 0.974. The van der Waals surface area contributed by atoms with Crippen molar-refractivity contribution in [2.24, 2.45) is 0 Å². The molecule has 2 heteroatoms. The van der Waals surface area contributed by atoms with Gasteiger partial charge in [-0.25, -0.2) is 0 Å². The molecule has 0 aliphatic heterocycles. The molecule has 2 nitrogen and oxygen atoms in total. The van der Waals surface area contributed by atoms with Gasteiger partial charge in [0.25, 0.3) is 0 Å². The number of Topliss-reactive ketones (excluding diaryl/α,β-unsaturated/α-hetero) is 1. The Morgan fingerprint density at radius 1 is 1.31 bits per heavy atom. The van der Waals surface area contributed by atoms with Gasteiger partial charge in [0.05, 0.1) is 0 Å². The molecule has 0 saturated carbocycles. The first kappa shape index (κ1) is 9.39. The Kier molecular flexibility index (Phi) is 3.15. The van der Waals surface area contributed by atoms with Crippen molar-refractivity contribution < 1.29 is 9.59 Å². The van der Waals surface area contributed by atoms with E-state index in [4.69, 9.17) is 0 Å². The van der Waals surface area contributed by atoms with Crippen LogP contribution in [0.25, 0.3) is 0 Å². The van der Waals surface area contributed by atoms with Crippen LogP contribution in [0.3, 0.4) is 0 Å². The van der Waals surface area contributed by atoms with Crippen molar-refractivity contribution in [3.63, 3.8) is 0 Å². The molecular weight excluding hydrogens is 164 g/mol. The zero-order chi connectivity index (χ0) is 9.68. The van der Waals surface area contributed by atoms with E-state index in [1.54, 1.807) is 24.3 Å². The van der Waals surface area contributed by atoms with Gasteiger partial charge in [0, 0.05) is 12.0 Å². The van der Waals surface area contributed by atoms with Crippen molar-refractivity contribution in [2.45, 2.75) is 6.42 Å². The van der Waals surface area contributed by atoms with Gasteiger partial charge in [-0.3, -0.25) is 9.59 Å². The molecule has 0 aliphatic rings. The van der Waals surface area contributed by atoms with Gasteiger partial charge >= 0.3 is 0 Å². The summed E-state index contributed by atoms with van der Waals surface area (Å²) in [4.78, 5) is 21.6. The van der Waals surface area contributed by atoms with Crippen LogP contribution in [0.2, 0.25) is 0 Å². The van der Waals surface area contributed by atoms with E-state index >= 15 is 0 Å². The zero-order valence-corrected chi connectivity index (χ0v) is 7.19. The van der Waals surface area contributed by atoms with Gasteiger partial charge in [0.15, 0.2) is 5.78 Å². The smallest absolute Gasteiger partial charge is 0.167 e. The molecule has 0 radical (unpaired) electrons. The topological polar surface area (TPSA) is 34.1 Å². The molecule has 1 aromatic rings. The second kappa shape index (κ2) is 4.36. The number of hydrogen-bond acceptors (Lipinski definition) is 2. The maximum atomic E-state index is 11.4. The van der Waals surface area contributed by atoms with Crippen molar-refractivity contribution in [3.8, 4) is 0 Å². The third-order valence-electron chi connectivity index (χ3n) is 1.65. The quantitative estimate of drug-likeness (QED) is 0.397. The normalized spacial score (nSPS) is 9.23. The molecule has 0 N–H and O–H groups in total. The molecule has 0 heterocycles. The number of aldehydes is 1. The van der Waals surface area contributed by atoms with Crippen molar-refractivity contribution in [3.05, 3.63) is 48.0 Å². The van der Waals surface area contributed by atoms with Crippen molar-refractivity contribution in [1.29, 1.82) is 0 Å². The van der Waals surface area contributed by atoms with Crippen LogP contribution in [0.1, 0.15) is 16.8 Å². The van der Waals surface area contributed by atoms with E-state index in [1.165, 1.54) is 0 Å². The molecule has 0 bridgehead atoms. The van der Waals surface area contributed by atoms with E-state index in [0.29, 0.717) is 17.4 Å². The lowest BCUT2D eigenvalue weighted by Gasteiger charge is -1.97. The Morgan fingerprint density at radius 3 is 2.46 bits per heavy atom. The van der Waals surface area contributed by atoms with Crippen LogP contribution in [0.5, 0.6) is 0 Å². The van der Waals surface area contributed by atoms with Crippen LogP contribution >= 0.6 is 0 Å². The third kappa shape index (κ3) is 2.67. The fourth-order valence-corrected chi connectivity index (χ4v) is 0.974. The highest BCUT2D eigenvalue weighted by molar-refractivity contribution is 6.00. The highest BCUT2D eigenvalue weighted by Gasteiger charge is 2.05. The molecule has 0 saturated heterocycles. The lowest BCUT2D eigenvalue weighted by atomic mass is 10.1. The molecule has 0 atom stereocenters. The maximum absolute atomic E-state index is 11.4. The summed E-state index contributed by atoms with van der Waals surface area (Å²) in [6.07, 6.45) is 0.717. The summed E-state index contributed by atoms with van der Waals surface area (Å²) in [7, 11) is 0. The molecule has 0 aliphatic carbocycles. The summed E-state index contributed by atoms with van der Waals surface area (Å²) in [6, 6.07) is 8.86. The third-order valence-corrected chi connectivity index (χ3v) is 1.65. The number of rotatable bonds is 4. The SMILES string of the molecule is C=C(C=O)CC(=O)c1ccccc1. The van der Waals surface area contributed by atoms with E-state index in [2.05, 4.69) is 6.58 Å². The molecule has 13 heavy (non-hydrogen) atoms. The number of carbonyl (C=O) groups is 2. The van der Waals surface area contributed by atoms with Crippen LogP contribution in [0.4, 0.5) is 0 Å². The highest BCUT2D eigenvalue weighted by atomic mass is 16.1. The predicted octanol–water partition coefficient (Wildman–Crippen LogP) is 2.01. The summed E-state index contributed by atoms with van der Waals surface area (Å²) in [5.74, 6) is -0.0716. The predicted molar refractivity (Wildman–Crippen MR) is 50.6 cm³/mol. The van der Waals surface area contributed by atoms with Gasteiger partial charge < -0.3 is 0 Å². The molecule has 0 amide bonds. The lowest BCUT2D eigenvalue weighted by molar-refractivity contribution is -0.105. The number of ketones is 1. The molecule has 0 fully saturated rings. The molecule has 1 rings (SSSR count). The fraction of sp³-hybridized carbons (Fsp3) is 0.0909. The van der Waals surface area contributed by atoms with Crippen LogP contribution in [0, 0.1) is 0 Å². The van der Waals surface area contributed by atoms with Gasteiger partial charge in [-0.1, -0.05) is 36.9 Å². The minimum atomic E-state index is -0.0716. The zero-order valence-electron chi connectivity index (χ0n) is 7.19. The summed E-state index contributed by atoms with van der Waals surface area (Å²) < 4.78 is 0. The maximum Gasteiger partial charge on any atom is 0.167 e. The summed E-state index contributed by atoms with van der Waals surface area (Å²) in [6.45, 7) is 3.45. The largest absolute Gasteiger partial charge is 0.298 e. The van der Waals surface area contributed by atoms with Crippen LogP contribution in [-0.2, 0) is 4.79 Å². The van der Waals surface area contributed by atoms with E-state index in [1.807, 2.05) is 6.07 Å². The highest BCUT2D eigenvalue weighted by Crippen LogP contribution is 2.06.